The molecule has 0 bridgehead atoms. The fourth-order valence-corrected chi connectivity index (χ4v) is 1.66. The first-order chi connectivity index (χ1) is 8.19. The van der Waals surface area contributed by atoms with Gasteiger partial charge in [-0.2, -0.15) is 5.26 Å². The van der Waals surface area contributed by atoms with Crippen LogP contribution < -0.4 is 4.74 Å². The number of rotatable bonds is 4. The Hall–Kier alpha value is -1.73. The predicted octanol–water partition coefficient (Wildman–Crippen LogP) is 2.48. The van der Waals surface area contributed by atoms with Crippen LogP contribution in [0.5, 0.6) is 5.75 Å². The number of nitrogens with zero attached hydrogens (tertiary/aromatic N) is 1. The number of alkyl halides is 1. The second kappa shape index (κ2) is 6.12. The highest BCUT2D eigenvalue weighted by Gasteiger charge is 2.21. The fraction of sp³-hybridized carbons (Fsp3) is 0.333. The molecule has 0 amide bonds. The fourth-order valence-electron chi connectivity index (χ4n) is 1.44. The van der Waals surface area contributed by atoms with Gasteiger partial charge in [-0.3, -0.25) is 0 Å². The van der Waals surface area contributed by atoms with Crippen LogP contribution in [-0.4, -0.2) is 19.7 Å². The van der Waals surface area contributed by atoms with E-state index in [9.17, 15) is 4.79 Å². The zero-order valence-electron chi connectivity index (χ0n) is 9.62. The Bertz CT molecular complexity index is 466. The Morgan fingerprint density at radius 2 is 2.24 bits per heavy atom. The van der Waals surface area contributed by atoms with Crippen LogP contribution in [0.4, 0.5) is 0 Å². The van der Waals surface area contributed by atoms with Crippen LogP contribution in [0.15, 0.2) is 12.1 Å². The Balaban J connectivity index is 3.41. The van der Waals surface area contributed by atoms with Crippen molar-refractivity contribution in [2.45, 2.75) is 12.8 Å². The second-order valence-electron chi connectivity index (χ2n) is 3.14. The van der Waals surface area contributed by atoms with Crippen molar-refractivity contribution in [3.05, 3.63) is 28.8 Å². The lowest BCUT2D eigenvalue weighted by Crippen LogP contribution is -2.10. The maximum atomic E-state index is 11.8. The van der Waals surface area contributed by atoms with E-state index in [1.54, 1.807) is 19.1 Å². The number of methoxy groups -OCH3 is 1. The quantitative estimate of drug-likeness (QED) is 0.611. The Labute approximate surface area is 105 Å². The molecular weight excluding hydrogens is 242 g/mol. The summed E-state index contributed by atoms with van der Waals surface area (Å²) in [6.07, 6.45) is 0. The molecule has 0 atom stereocenters. The van der Waals surface area contributed by atoms with E-state index in [-0.39, 0.29) is 23.6 Å². The van der Waals surface area contributed by atoms with Gasteiger partial charge < -0.3 is 9.47 Å². The van der Waals surface area contributed by atoms with Crippen LogP contribution in [0.1, 0.15) is 28.4 Å². The molecule has 90 valence electrons. The van der Waals surface area contributed by atoms with E-state index in [0.717, 1.165) is 0 Å². The summed E-state index contributed by atoms with van der Waals surface area (Å²) in [6, 6.07) is 5.23. The largest absolute Gasteiger partial charge is 0.496 e. The van der Waals surface area contributed by atoms with Crippen LogP contribution in [-0.2, 0) is 10.6 Å². The van der Waals surface area contributed by atoms with Crippen molar-refractivity contribution < 1.29 is 14.3 Å². The molecule has 0 unspecified atom stereocenters. The average Bonchev–Trinajstić information content (AvgIpc) is 2.36. The summed E-state index contributed by atoms with van der Waals surface area (Å²) >= 11 is 5.72. The van der Waals surface area contributed by atoms with E-state index in [1.165, 1.54) is 7.11 Å². The number of hydrogen-bond acceptors (Lipinski definition) is 4. The molecule has 4 nitrogen and oxygen atoms in total. The van der Waals surface area contributed by atoms with Crippen molar-refractivity contribution in [3.63, 3.8) is 0 Å². The molecule has 0 aliphatic rings. The molecule has 0 radical (unpaired) electrons. The summed E-state index contributed by atoms with van der Waals surface area (Å²) in [7, 11) is 1.43. The van der Waals surface area contributed by atoms with Crippen LogP contribution in [0.25, 0.3) is 0 Å². The summed E-state index contributed by atoms with van der Waals surface area (Å²) in [4.78, 5) is 11.8. The standard InChI is InChI=1S/C12H12ClNO3/c1-3-17-12(15)11-9(7-14)8(6-13)4-5-10(11)16-2/h4-5H,3,6H2,1-2H3. The third-order valence-electron chi connectivity index (χ3n) is 2.21. The number of carbonyl (C=O) groups excluding carboxylic acids is 1. The highest BCUT2D eigenvalue weighted by molar-refractivity contribution is 6.17. The molecule has 0 N–H and O–H groups in total. The lowest BCUT2D eigenvalue weighted by molar-refractivity contribution is 0.0522. The summed E-state index contributed by atoms with van der Waals surface area (Å²) in [5.41, 5.74) is 0.922. The molecule has 0 aromatic heterocycles. The van der Waals surface area contributed by atoms with Gasteiger partial charge >= 0.3 is 5.97 Å². The van der Waals surface area contributed by atoms with Crippen molar-refractivity contribution in [2.75, 3.05) is 13.7 Å². The number of ether oxygens (including phenoxy) is 2. The van der Waals surface area contributed by atoms with E-state index < -0.39 is 5.97 Å². The molecule has 0 saturated carbocycles. The first kappa shape index (κ1) is 13.3. The van der Waals surface area contributed by atoms with E-state index in [0.29, 0.717) is 11.3 Å². The minimum absolute atomic E-state index is 0.134. The molecule has 0 saturated heterocycles. The van der Waals surface area contributed by atoms with Gasteiger partial charge in [-0.25, -0.2) is 4.79 Å². The molecule has 0 aliphatic carbocycles. The van der Waals surface area contributed by atoms with E-state index in [1.807, 2.05) is 6.07 Å². The zero-order chi connectivity index (χ0) is 12.8. The second-order valence-corrected chi connectivity index (χ2v) is 3.41. The first-order valence-corrected chi connectivity index (χ1v) is 5.56. The number of carbonyl (C=O) groups is 1. The molecule has 5 heteroatoms. The van der Waals surface area contributed by atoms with E-state index >= 15 is 0 Å². The number of halogens is 1. The highest BCUT2D eigenvalue weighted by atomic mass is 35.5. The third-order valence-corrected chi connectivity index (χ3v) is 2.50. The molecule has 1 rings (SSSR count). The third kappa shape index (κ3) is 2.69. The van der Waals surface area contributed by atoms with Crippen molar-refractivity contribution >= 4 is 17.6 Å². The lowest BCUT2D eigenvalue weighted by atomic mass is 10.0. The summed E-state index contributed by atoms with van der Waals surface area (Å²) < 4.78 is 9.96. The predicted molar refractivity (Wildman–Crippen MR) is 63.2 cm³/mol. The van der Waals surface area contributed by atoms with Crippen LogP contribution in [0.3, 0.4) is 0 Å². The zero-order valence-corrected chi connectivity index (χ0v) is 10.4. The van der Waals surface area contributed by atoms with Crippen molar-refractivity contribution in [3.8, 4) is 11.8 Å². The van der Waals surface area contributed by atoms with E-state index in [2.05, 4.69) is 0 Å². The number of hydrogen-bond donors (Lipinski definition) is 0. The average molecular weight is 254 g/mol. The van der Waals surface area contributed by atoms with Gasteiger partial charge in [-0.1, -0.05) is 6.07 Å². The Morgan fingerprint density at radius 1 is 1.53 bits per heavy atom. The Morgan fingerprint density at radius 3 is 2.71 bits per heavy atom. The van der Waals surface area contributed by atoms with Gasteiger partial charge in [0.05, 0.1) is 19.3 Å². The highest BCUT2D eigenvalue weighted by Crippen LogP contribution is 2.27. The topological polar surface area (TPSA) is 59.3 Å². The van der Waals surface area contributed by atoms with E-state index in [4.69, 9.17) is 26.3 Å². The first-order valence-electron chi connectivity index (χ1n) is 5.02. The van der Waals surface area contributed by atoms with Crippen molar-refractivity contribution in [2.24, 2.45) is 0 Å². The number of esters is 1. The van der Waals surface area contributed by atoms with Crippen LogP contribution >= 0.6 is 11.6 Å². The lowest BCUT2D eigenvalue weighted by Gasteiger charge is -2.11. The molecular formula is C12H12ClNO3. The number of benzene rings is 1. The summed E-state index contributed by atoms with van der Waals surface area (Å²) in [5.74, 6) is -0.110. The molecule has 0 heterocycles. The molecule has 17 heavy (non-hydrogen) atoms. The van der Waals surface area contributed by atoms with Gasteiger partial charge in [0.15, 0.2) is 0 Å². The summed E-state index contributed by atoms with van der Waals surface area (Å²) in [6.45, 7) is 1.93. The van der Waals surface area contributed by atoms with Gasteiger partial charge in [-0.05, 0) is 18.6 Å². The molecule has 0 aliphatic heterocycles. The molecule has 1 aromatic rings. The SMILES string of the molecule is CCOC(=O)c1c(OC)ccc(CCl)c1C#N. The normalized spacial score (nSPS) is 9.53. The van der Waals surface area contributed by atoms with Gasteiger partial charge in [0.25, 0.3) is 0 Å². The molecule has 0 spiro atoms. The van der Waals surface area contributed by atoms with Gasteiger partial charge in [0.2, 0.25) is 0 Å². The van der Waals surface area contributed by atoms with Crippen molar-refractivity contribution in [1.29, 1.82) is 5.26 Å². The maximum absolute atomic E-state index is 11.8. The molecule has 0 fully saturated rings. The van der Waals surface area contributed by atoms with Crippen molar-refractivity contribution in [1.82, 2.24) is 0 Å². The number of nitriles is 1. The maximum Gasteiger partial charge on any atom is 0.343 e. The van der Waals surface area contributed by atoms with Gasteiger partial charge in [0, 0.05) is 5.88 Å². The molecule has 1 aromatic carbocycles. The van der Waals surface area contributed by atoms with Crippen LogP contribution in [0.2, 0.25) is 0 Å². The monoisotopic (exact) mass is 253 g/mol. The van der Waals surface area contributed by atoms with Crippen LogP contribution in [0, 0.1) is 11.3 Å². The van der Waals surface area contributed by atoms with Gasteiger partial charge in [-0.15, -0.1) is 11.6 Å². The smallest absolute Gasteiger partial charge is 0.343 e. The summed E-state index contributed by atoms with van der Waals surface area (Å²) in [5, 5.41) is 9.10. The van der Waals surface area contributed by atoms with Gasteiger partial charge in [0.1, 0.15) is 17.4 Å². The minimum Gasteiger partial charge on any atom is -0.496 e. The Kier molecular flexibility index (Phi) is 4.80. The minimum atomic E-state index is -0.576.